The Hall–Kier alpha value is -2.46. The smallest absolute Gasteiger partial charge is 0.271 e. The first-order chi connectivity index (χ1) is 11.9. The van der Waals surface area contributed by atoms with Gasteiger partial charge in [0.1, 0.15) is 5.25 Å². The Labute approximate surface area is 148 Å². The zero-order valence-electron chi connectivity index (χ0n) is 13.7. The number of non-ortho nitro benzene ring substituents is 1. The molecule has 0 radical (unpaired) electrons. The fraction of sp³-hybridized carbons (Fsp3) is 0.400. The molecule has 2 atom stereocenters. The van der Waals surface area contributed by atoms with Crippen molar-refractivity contribution in [2.75, 3.05) is 19.0 Å². The predicted molar refractivity (Wildman–Crippen MR) is 94.6 cm³/mol. The van der Waals surface area contributed by atoms with Crippen LogP contribution in [0.15, 0.2) is 29.3 Å². The largest absolute Gasteiger partial charge is 0.382 e. The van der Waals surface area contributed by atoms with Crippen LogP contribution in [0.3, 0.4) is 0 Å². The number of benzene rings is 1. The molecule has 0 aromatic heterocycles. The average molecular weight is 366 g/mol. The van der Waals surface area contributed by atoms with Gasteiger partial charge < -0.3 is 15.4 Å². The molecule has 2 unspecified atom stereocenters. The molecule has 1 heterocycles. The number of hydrogen-bond acceptors (Lipinski definition) is 7. The highest BCUT2D eigenvalue weighted by Crippen LogP contribution is 2.24. The molecular formula is C15H18N4O5S. The Balaban J connectivity index is 1.93. The van der Waals surface area contributed by atoms with Gasteiger partial charge in [-0.3, -0.25) is 24.7 Å². The summed E-state index contributed by atoms with van der Waals surface area (Å²) in [6.45, 7) is 2.28. The third kappa shape index (κ3) is 5.54. The topological polar surface area (TPSA) is 123 Å². The number of ether oxygens (including phenoxy) is 1. The molecule has 1 saturated heterocycles. The van der Waals surface area contributed by atoms with Gasteiger partial charge in [0.2, 0.25) is 11.8 Å². The molecule has 2 N–H and O–H groups in total. The van der Waals surface area contributed by atoms with E-state index in [0.717, 1.165) is 0 Å². The molecule has 134 valence electrons. The summed E-state index contributed by atoms with van der Waals surface area (Å²) in [5, 5.41) is 15.8. The summed E-state index contributed by atoms with van der Waals surface area (Å²) in [4.78, 5) is 38.5. The van der Waals surface area contributed by atoms with Crippen LogP contribution in [0.25, 0.3) is 0 Å². The number of carbonyl (C=O) groups is 2. The molecule has 25 heavy (non-hydrogen) atoms. The summed E-state index contributed by atoms with van der Waals surface area (Å²) in [5.41, 5.74) is 0.192. The summed E-state index contributed by atoms with van der Waals surface area (Å²) >= 11 is 1.18. The van der Waals surface area contributed by atoms with Crippen LogP contribution in [0.4, 0.5) is 11.4 Å². The second kappa shape index (κ2) is 8.58. The number of anilines is 1. The molecule has 2 amide bonds. The first kappa shape index (κ1) is 18.9. The van der Waals surface area contributed by atoms with Crippen molar-refractivity contribution in [1.82, 2.24) is 5.32 Å². The van der Waals surface area contributed by atoms with Crippen molar-refractivity contribution in [2.24, 2.45) is 4.99 Å². The molecule has 0 bridgehead atoms. The van der Waals surface area contributed by atoms with Gasteiger partial charge in [0.25, 0.3) is 5.69 Å². The highest BCUT2D eigenvalue weighted by Gasteiger charge is 2.32. The van der Waals surface area contributed by atoms with Crippen molar-refractivity contribution in [3.8, 4) is 0 Å². The van der Waals surface area contributed by atoms with Crippen LogP contribution in [-0.4, -0.2) is 46.9 Å². The summed E-state index contributed by atoms with van der Waals surface area (Å²) in [7, 11) is 1.57. The van der Waals surface area contributed by atoms with E-state index in [2.05, 4.69) is 15.6 Å². The van der Waals surface area contributed by atoms with Crippen molar-refractivity contribution in [1.29, 1.82) is 0 Å². The van der Waals surface area contributed by atoms with Crippen molar-refractivity contribution in [3.63, 3.8) is 0 Å². The van der Waals surface area contributed by atoms with E-state index >= 15 is 0 Å². The second-order valence-electron chi connectivity index (χ2n) is 5.39. The number of amides is 2. The van der Waals surface area contributed by atoms with Gasteiger partial charge in [-0.2, -0.15) is 0 Å². The molecule has 1 aliphatic heterocycles. The van der Waals surface area contributed by atoms with E-state index in [-0.39, 0.29) is 24.1 Å². The van der Waals surface area contributed by atoms with Crippen LogP contribution in [0.1, 0.15) is 13.3 Å². The molecule has 1 aliphatic rings. The van der Waals surface area contributed by atoms with E-state index in [1.807, 2.05) is 6.92 Å². The molecule has 0 aliphatic carbocycles. The number of nitro groups is 1. The number of carbonyl (C=O) groups excluding carboxylic acids is 2. The first-order valence-electron chi connectivity index (χ1n) is 7.47. The molecule has 0 saturated carbocycles. The van der Waals surface area contributed by atoms with E-state index in [1.165, 1.54) is 30.0 Å². The van der Waals surface area contributed by atoms with E-state index in [9.17, 15) is 19.7 Å². The Morgan fingerprint density at radius 3 is 3.00 bits per heavy atom. The Kier molecular flexibility index (Phi) is 6.48. The van der Waals surface area contributed by atoms with E-state index < -0.39 is 16.1 Å². The molecule has 0 spiro atoms. The number of nitro benzene ring substituents is 1. The van der Waals surface area contributed by atoms with Crippen LogP contribution >= 0.6 is 11.8 Å². The summed E-state index contributed by atoms with van der Waals surface area (Å²) in [6.07, 6.45) is -0.0587. The van der Waals surface area contributed by atoms with Crippen LogP contribution in [0.5, 0.6) is 0 Å². The Morgan fingerprint density at radius 1 is 1.56 bits per heavy atom. The van der Waals surface area contributed by atoms with Gasteiger partial charge >= 0.3 is 0 Å². The monoisotopic (exact) mass is 366 g/mol. The minimum absolute atomic E-state index is 0.0587. The summed E-state index contributed by atoms with van der Waals surface area (Å²) in [5.74, 6) is -0.693. The van der Waals surface area contributed by atoms with Crippen molar-refractivity contribution in [3.05, 3.63) is 34.4 Å². The number of thioether (sulfide) groups is 1. The molecule has 9 nitrogen and oxygen atoms in total. The minimum atomic E-state index is -0.591. The number of nitrogens with one attached hydrogen (secondary N) is 2. The lowest BCUT2D eigenvalue weighted by Gasteiger charge is -2.07. The quantitative estimate of drug-likeness (QED) is 0.557. The number of hydrogen-bond donors (Lipinski definition) is 2. The Morgan fingerprint density at radius 2 is 2.32 bits per heavy atom. The van der Waals surface area contributed by atoms with Gasteiger partial charge in [0.05, 0.1) is 17.6 Å². The average Bonchev–Trinajstić information content (AvgIpc) is 2.86. The first-order valence-corrected chi connectivity index (χ1v) is 8.35. The van der Waals surface area contributed by atoms with Gasteiger partial charge in [0.15, 0.2) is 5.17 Å². The van der Waals surface area contributed by atoms with Gasteiger partial charge in [-0.25, -0.2) is 0 Å². The van der Waals surface area contributed by atoms with E-state index in [4.69, 9.17) is 4.74 Å². The number of amidine groups is 1. The molecule has 1 fully saturated rings. The predicted octanol–water partition coefficient (Wildman–Crippen LogP) is 1.55. The van der Waals surface area contributed by atoms with Gasteiger partial charge in [0, 0.05) is 31.4 Å². The van der Waals surface area contributed by atoms with Crippen LogP contribution in [0, 0.1) is 10.1 Å². The van der Waals surface area contributed by atoms with Crippen molar-refractivity contribution < 1.29 is 19.2 Å². The van der Waals surface area contributed by atoms with Gasteiger partial charge in [-0.1, -0.05) is 17.8 Å². The van der Waals surface area contributed by atoms with Crippen LogP contribution in [0.2, 0.25) is 0 Å². The maximum absolute atomic E-state index is 12.1. The van der Waals surface area contributed by atoms with Crippen molar-refractivity contribution >= 4 is 40.1 Å². The normalized spacial score (nSPS) is 19.5. The summed E-state index contributed by atoms with van der Waals surface area (Å²) < 4.78 is 4.98. The third-order valence-corrected chi connectivity index (χ3v) is 4.33. The highest BCUT2D eigenvalue weighted by atomic mass is 32.2. The maximum Gasteiger partial charge on any atom is 0.271 e. The lowest BCUT2D eigenvalue weighted by atomic mass is 10.2. The zero-order chi connectivity index (χ0) is 18.4. The standard InChI is InChI=1S/C15H18N4O5S/c1-9(8-24-2)16-15-18-14(21)12(25-15)7-13(20)17-10-4-3-5-11(6-10)19(22)23/h3-6,9,12H,7-8H2,1-2H3,(H,17,20)(H,16,18,21). The van der Waals surface area contributed by atoms with Crippen LogP contribution in [-0.2, 0) is 14.3 Å². The molecular weight excluding hydrogens is 348 g/mol. The number of rotatable bonds is 7. The fourth-order valence-electron chi connectivity index (χ4n) is 2.16. The van der Waals surface area contributed by atoms with Gasteiger partial charge in [-0.05, 0) is 13.0 Å². The van der Waals surface area contributed by atoms with E-state index in [1.54, 1.807) is 13.2 Å². The van der Waals surface area contributed by atoms with Crippen molar-refractivity contribution in [2.45, 2.75) is 24.6 Å². The molecule has 2 rings (SSSR count). The fourth-order valence-corrected chi connectivity index (χ4v) is 3.23. The number of methoxy groups -OCH3 is 1. The third-order valence-electron chi connectivity index (χ3n) is 3.23. The zero-order valence-corrected chi connectivity index (χ0v) is 14.5. The second-order valence-corrected chi connectivity index (χ2v) is 6.59. The number of aliphatic imine (C=N–C) groups is 1. The summed E-state index contributed by atoms with van der Waals surface area (Å²) in [6, 6.07) is 5.52. The maximum atomic E-state index is 12.1. The lowest BCUT2D eigenvalue weighted by Crippen LogP contribution is -2.28. The SMILES string of the molecule is COCC(C)N=C1NC(=O)C(CC(=O)Nc2cccc([N+](=O)[O-])c2)S1. The lowest BCUT2D eigenvalue weighted by molar-refractivity contribution is -0.384. The minimum Gasteiger partial charge on any atom is -0.382 e. The Bertz CT molecular complexity index is 709. The molecule has 1 aromatic rings. The molecule has 1 aromatic carbocycles. The highest BCUT2D eigenvalue weighted by molar-refractivity contribution is 8.15. The van der Waals surface area contributed by atoms with Gasteiger partial charge in [-0.15, -0.1) is 0 Å². The number of nitrogens with zero attached hydrogens (tertiary/aromatic N) is 2. The van der Waals surface area contributed by atoms with Crippen LogP contribution < -0.4 is 10.6 Å². The molecule has 10 heteroatoms. The van der Waals surface area contributed by atoms with E-state index in [0.29, 0.717) is 17.5 Å².